The van der Waals surface area contributed by atoms with Crippen LogP contribution in [0.25, 0.3) is 0 Å². The van der Waals surface area contributed by atoms with Crippen LogP contribution in [-0.4, -0.2) is 41.6 Å². The van der Waals surface area contributed by atoms with Crippen molar-refractivity contribution in [2.75, 3.05) is 19.7 Å². The summed E-state index contributed by atoms with van der Waals surface area (Å²) >= 11 is 0. The van der Waals surface area contributed by atoms with Gasteiger partial charge in [0.2, 0.25) is 5.91 Å². The second-order valence-electron chi connectivity index (χ2n) is 4.36. The molecule has 0 bridgehead atoms. The van der Waals surface area contributed by atoms with E-state index in [1.165, 1.54) is 35.2 Å². The van der Waals surface area contributed by atoms with Crippen molar-refractivity contribution in [2.45, 2.75) is 12.8 Å². The van der Waals surface area contributed by atoms with Gasteiger partial charge < -0.3 is 14.7 Å². The molecular formula is C15H18FNO4. The molecule has 0 aliphatic carbocycles. The first kappa shape index (κ1) is 16.7. The summed E-state index contributed by atoms with van der Waals surface area (Å²) in [4.78, 5) is 23.7. The summed E-state index contributed by atoms with van der Waals surface area (Å²) in [5, 5.41) is 8.72. The number of hydrogen-bond acceptors (Lipinski definition) is 3. The number of carboxylic acids is 1. The second kappa shape index (κ2) is 8.73. The molecule has 21 heavy (non-hydrogen) atoms. The third-order valence-electron chi connectivity index (χ3n) is 2.65. The van der Waals surface area contributed by atoms with Crippen LogP contribution in [0.3, 0.4) is 0 Å². The van der Waals surface area contributed by atoms with E-state index in [0.29, 0.717) is 18.8 Å². The zero-order valence-electron chi connectivity index (χ0n) is 11.6. The Balaban J connectivity index is 2.32. The molecule has 0 atom stereocenters. The highest BCUT2D eigenvalue weighted by molar-refractivity contribution is 5.81. The topological polar surface area (TPSA) is 66.8 Å². The van der Waals surface area contributed by atoms with Crippen LogP contribution in [0.1, 0.15) is 12.8 Å². The Morgan fingerprint density at radius 2 is 2.00 bits per heavy atom. The molecule has 1 aromatic rings. The Morgan fingerprint density at radius 3 is 2.57 bits per heavy atom. The molecule has 6 heteroatoms. The Kier molecular flexibility index (Phi) is 6.94. The summed E-state index contributed by atoms with van der Waals surface area (Å²) in [5.74, 6) is -1.14. The van der Waals surface area contributed by atoms with Crippen LogP contribution in [-0.2, 0) is 9.59 Å². The second-order valence-corrected chi connectivity index (χ2v) is 4.36. The molecule has 0 spiro atoms. The van der Waals surface area contributed by atoms with E-state index in [1.807, 2.05) is 0 Å². The Morgan fingerprint density at radius 1 is 1.33 bits per heavy atom. The fraction of sp³-hybridized carbons (Fsp3) is 0.333. The summed E-state index contributed by atoms with van der Waals surface area (Å²) in [5.41, 5.74) is 0. The minimum Gasteiger partial charge on any atom is -0.494 e. The summed E-state index contributed by atoms with van der Waals surface area (Å²) in [6.45, 7) is 3.64. The monoisotopic (exact) mass is 295 g/mol. The molecule has 114 valence electrons. The number of carboxylic acid groups (broad SMARTS) is 1. The van der Waals surface area contributed by atoms with E-state index >= 15 is 0 Å². The summed E-state index contributed by atoms with van der Waals surface area (Å²) < 4.78 is 18.0. The highest BCUT2D eigenvalue weighted by atomic mass is 19.1. The first-order valence-corrected chi connectivity index (χ1v) is 6.51. The number of amides is 1. The fourth-order valence-electron chi connectivity index (χ4n) is 1.68. The third kappa shape index (κ3) is 6.56. The van der Waals surface area contributed by atoms with Crippen molar-refractivity contribution in [2.24, 2.45) is 0 Å². The van der Waals surface area contributed by atoms with Crippen molar-refractivity contribution in [3.63, 3.8) is 0 Å². The van der Waals surface area contributed by atoms with Crippen molar-refractivity contribution in [1.82, 2.24) is 4.90 Å². The highest BCUT2D eigenvalue weighted by Gasteiger charge is 2.14. The maximum absolute atomic E-state index is 12.7. The summed E-state index contributed by atoms with van der Waals surface area (Å²) in [7, 11) is 0. The van der Waals surface area contributed by atoms with Gasteiger partial charge in [0.05, 0.1) is 6.61 Å². The number of ether oxygens (including phenoxy) is 1. The molecule has 0 radical (unpaired) electrons. The van der Waals surface area contributed by atoms with Gasteiger partial charge in [0.25, 0.3) is 0 Å². The van der Waals surface area contributed by atoms with E-state index in [0.717, 1.165) is 0 Å². The number of aliphatic carboxylic acids is 1. The predicted octanol–water partition coefficient (Wildman–Crippen LogP) is 2.08. The number of rotatable bonds is 9. The minimum absolute atomic E-state index is 0.183. The van der Waals surface area contributed by atoms with Gasteiger partial charge in [-0.3, -0.25) is 9.59 Å². The van der Waals surface area contributed by atoms with Crippen molar-refractivity contribution in [3.05, 3.63) is 42.7 Å². The standard InChI is InChI=1S/C15H18FNO4/c1-2-9-17(11-15(19)20)14(18)4-3-10-21-13-7-5-12(16)6-8-13/h2,5-8H,1,3-4,9-11H2,(H,19,20). The van der Waals surface area contributed by atoms with E-state index in [-0.39, 0.29) is 31.2 Å². The lowest BCUT2D eigenvalue weighted by atomic mass is 10.2. The molecule has 0 aliphatic rings. The highest BCUT2D eigenvalue weighted by Crippen LogP contribution is 2.11. The molecule has 1 aromatic carbocycles. The van der Waals surface area contributed by atoms with Gasteiger partial charge >= 0.3 is 5.97 Å². The normalized spacial score (nSPS) is 9.95. The van der Waals surface area contributed by atoms with E-state index in [2.05, 4.69) is 6.58 Å². The molecule has 5 nitrogen and oxygen atoms in total. The number of benzene rings is 1. The van der Waals surface area contributed by atoms with Gasteiger partial charge in [0.15, 0.2) is 0 Å². The lowest BCUT2D eigenvalue weighted by Gasteiger charge is -2.18. The molecule has 0 aliphatic heterocycles. The Bertz CT molecular complexity index is 487. The summed E-state index contributed by atoms with van der Waals surface area (Å²) in [6, 6.07) is 5.59. The summed E-state index contributed by atoms with van der Waals surface area (Å²) in [6.07, 6.45) is 2.11. The lowest BCUT2D eigenvalue weighted by Crippen LogP contribution is -2.35. The molecule has 0 unspecified atom stereocenters. The van der Waals surface area contributed by atoms with Crippen LogP contribution in [0.2, 0.25) is 0 Å². The molecule has 0 aromatic heterocycles. The quantitative estimate of drug-likeness (QED) is 0.559. The number of carbonyl (C=O) groups is 2. The molecule has 0 heterocycles. The maximum Gasteiger partial charge on any atom is 0.323 e. The van der Waals surface area contributed by atoms with Crippen LogP contribution in [0.15, 0.2) is 36.9 Å². The predicted molar refractivity (Wildman–Crippen MR) is 75.5 cm³/mol. The van der Waals surface area contributed by atoms with Crippen molar-refractivity contribution in [3.8, 4) is 5.75 Å². The van der Waals surface area contributed by atoms with Gasteiger partial charge in [-0.25, -0.2) is 4.39 Å². The van der Waals surface area contributed by atoms with Crippen LogP contribution in [0, 0.1) is 5.82 Å². The van der Waals surface area contributed by atoms with Gasteiger partial charge in [-0.15, -0.1) is 6.58 Å². The van der Waals surface area contributed by atoms with Crippen LogP contribution in [0.4, 0.5) is 4.39 Å². The third-order valence-corrected chi connectivity index (χ3v) is 2.65. The Hall–Kier alpha value is -2.37. The average molecular weight is 295 g/mol. The SMILES string of the molecule is C=CCN(CC(=O)O)C(=O)CCCOc1ccc(F)cc1. The molecule has 1 N–H and O–H groups in total. The van der Waals surface area contributed by atoms with Crippen molar-refractivity contribution < 1.29 is 23.8 Å². The number of hydrogen-bond donors (Lipinski definition) is 1. The van der Waals surface area contributed by atoms with E-state index in [9.17, 15) is 14.0 Å². The van der Waals surface area contributed by atoms with Crippen LogP contribution >= 0.6 is 0 Å². The Labute approximate surface area is 122 Å². The van der Waals surface area contributed by atoms with Gasteiger partial charge in [-0.05, 0) is 30.7 Å². The van der Waals surface area contributed by atoms with Crippen molar-refractivity contribution in [1.29, 1.82) is 0 Å². The smallest absolute Gasteiger partial charge is 0.323 e. The van der Waals surface area contributed by atoms with Crippen LogP contribution in [0.5, 0.6) is 5.75 Å². The first-order chi connectivity index (χ1) is 10.0. The van der Waals surface area contributed by atoms with Crippen molar-refractivity contribution >= 4 is 11.9 Å². The van der Waals surface area contributed by atoms with Gasteiger partial charge in [0, 0.05) is 13.0 Å². The number of nitrogens with zero attached hydrogens (tertiary/aromatic N) is 1. The van der Waals surface area contributed by atoms with E-state index < -0.39 is 5.97 Å². The van der Waals surface area contributed by atoms with Gasteiger partial charge in [-0.2, -0.15) is 0 Å². The fourth-order valence-corrected chi connectivity index (χ4v) is 1.68. The molecular weight excluding hydrogens is 277 g/mol. The van der Waals surface area contributed by atoms with Gasteiger partial charge in [0.1, 0.15) is 18.1 Å². The zero-order chi connectivity index (χ0) is 15.7. The van der Waals surface area contributed by atoms with Crippen LogP contribution < -0.4 is 4.74 Å². The lowest BCUT2D eigenvalue weighted by molar-refractivity contribution is -0.144. The molecule has 1 amide bonds. The average Bonchev–Trinajstić information content (AvgIpc) is 2.44. The van der Waals surface area contributed by atoms with E-state index in [1.54, 1.807) is 0 Å². The number of carbonyl (C=O) groups excluding carboxylic acids is 1. The molecule has 0 fully saturated rings. The van der Waals surface area contributed by atoms with Gasteiger partial charge in [-0.1, -0.05) is 6.08 Å². The largest absolute Gasteiger partial charge is 0.494 e. The molecule has 0 saturated heterocycles. The first-order valence-electron chi connectivity index (χ1n) is 6.51. The molecule has 0 saturated carbocycles. The van der Waals surface area contributed by atoms with E-state index in [4.69, 9.17) is 9.84 Å². The molecule has 1 rings (SSSR count). The maximum atomic E-state index is 12.7. The zero-order valence-corrected chi connectivity index (χ0v) is 11.6. The number of halogens is 1. The minimum atomic E-state index is -1.06.